The van der Waals surface area contributed by atoms with Crippen LogP contribution in [0.1, 0.15) is 12.5 Å². The molecule has 0 fully saturated rings. The molecule has 0 bridgehead atoms. The van der Waals surface area contributed by atoms with Crippen LogP contribution >= 0.6 is 17.0 Å². The number of hydrogen-bond donors (Lipinski definition) is 1. The minimum Gasteiger partial charge on any atom is -0.481 e. The van der Waals surface area contributed by atoms with Gasteiger partial charge in [-0.25, -0.2) is 0 Å². The second kappa shape index (κ2) is 7.93. The lowest BCUT2D eigenvalue weighted by atomic mass is 9.94. The summed E-state index contributed by atoms with van der Waals surface area (Å²) in [6.45, 7) is 2.45. The van der Waals surface area contributed by atoms with Crippen LogP contribution in [0.25, 0.3) is 21.9 Å². The lowest BCUT2D eigenvalue weighted by molar-refractivity contribution is 0.317. The van der Waals surface area contributed by atoms with E-state index in [1.807, 2.05) is 19.1 Å². The molecular formula is C20H20BrNO. The maximum Gasteiger partial charge on any atom is 0.184 e. The lowest BCUT2D eigenvalue weighted by Crippen LogP contribution is -2.07. The van der Waals surface area contributed by atoms with E-state index in [1.54, 1.807) is 0 Å². The summed E-state index contributed by atoms with van der Waals surface area (Å²) in [5.41, 5.74) is 3.57. The molecule has 3 rings (SSSR count). The third-order valence-electron chi connectivity index (χ3n) is 3.77. The molecule has 0 aliphatic carbocycles. The van der Waals surface area contributed by atoms with Crippen LogP contribution in [0.2, 0.25) is 0 Å². The predicted molar refractivity (Wildman–Crippen MR) is 103 cm³/mol. The van der Waals surface area contributed by atoms with Crippen molar-refractivity contribution in [1.29, 1.82) is 5.41 Å². The Kier molecular flexibility index (Phi) is 5.94. The molecule has 0 saturated carbocycles. The zero-order valence-corrected chi connectivity index (χ0v) is 14.8. The molecule has 0 unspecified atom stereocenters. The van der Waals surface area contributed by atoms with Crippen LogP contribution in [-0.4, -0.2) is 12.5 Å². The molecule has 3 aromatic carbocycles. The molecule has 0 amide bonds. The highest BCUT2D eigenvalue weighted by Gasteiger charge is 2.09. The summed E-state index contributed by atoms with van der Waals surface area (Å²) < 4.78 is 5.29. The van der Waals surface area contributed by atoms with Gasteiger partial charge in [0.15, 0.2) is 5.90 Å². The quantitative estimate of drug-likeness (QED) is 0.468. The Morgan fingerprint density at radius 2 is 1.52 bits per heavy atom. The van der Waals surface area contributed by atoms with Crippen LogP contribution in [0.3, 0.4) is 0 Å². The molecular weight excluding hydrogens is 350 g/mol. The molecule has 2 nitrogen and oxygen atoms in total. The fourth-order valence-electron chi connectivity index (χ4n) is 2.78. The Labute approximate surface area is 147 Å². The molecule has 118 valence electrons. The van der Waals surface area contributed by atoms with Crippen molar-refractivity contribution in [1.82, 2.24) is 0 Å². The summed E-state index contributed by atoms with van der Waals surface area (Å²) >= 11 is 0. The fraction of sp³-hybridized carbons (Fsp3) is 0.150. The summed E-state index contributed by atoms with van der Waals surface area (Å²) in [4.78, 5) is 0. The van der Waals surface area contributed by atoms with E-state index in [-0.39, 0.29) is 17.0 Å². The van der Waals surface area contributed by atoms with Crippen molar-refractivity contribution < 1.29 is 4.74 Å². The zero-order valence-electron chi connectivity index (χ0n) is 13.1. The van der Waals surface area contributed by atoms with Crippen molar-refractivity contribution >= 4 is 33.7 Å². The Bertz CT molecular complexity index is 799. The van der Waals surface area contributed by atoms with Gasteiger partial charge < -0.3 is 4.74 Å². The van der Waals surface area contributed by atoms with Crippen molar-refractivity contribution in [2.45, 2.75) is 13.3 Å². The molecule has 0 spiro atoms. The van der Waals surface area contributed by atoms with E-state index in [4.69, 9.17) is 10.1 Å². The van der Waals surface area contributed by atoms with Crippen LogP contribution < -0.4 is 0 Å². The van der Waals surface area contributed by atoms with Gasteiger partial charge in [-0.05, 0) is 34.4 Å². The van der Waals surface area contributed by atoms with E-state index in [0.717, 1.165) is 5.56 Å². The van der Waals surface area contributed by atoms with E-state index in [1.165, 1.54) is 21.9 Å². The summed E-state index contributed by atoms with van der Waals surface area (Å²) in [5, 5.41) is 10.3. The number of ether oxygens (including phenoxy) is 1. The van der Waals surface area contributed by atoms with Crippen molar-refractivity contribution in [3.05, 3.63) is 72.3 Å². The van der Waals surface area contributed by atoms with E-state index >= 15 is 0 Å². The van der Waals surface area contributed by atoms with Crippen molar-refractivity contribution in [3.8, 4) is 11.1 Å². The third-order valence-corrected chi connectivity index (χ3v) is 3.77. The molecule has 0 heterocycles. The standard InChI is InChI=1S/C20H19NO.BrH/c1-2-22-20(21)14-16-12-13-18(15-8-4-3-5-9-15)19-11-7-6-10-17(16)19;/h3-13,21H,2,14H2,1H3;1H. The van der Waals surface area contributed by atoms with E-state index in [0.29, 0.717) is 18.9 Å². The van der Waals surface area contributed by atoms with Crippen molar-refractivity contribution in [2.24, 2.45) is 0 Å². The van der Waals surface area contributed by atoms with Crippen LogP contribution in [0.15, 0.2) is 66.7 Å². The first-order chi connectivity index (χ1) is 10.8. The maximum absolute atomic E-state index is 7.90. The highest BCUT2D eigenvalue weighted by Crippen LogP contribution is 2.31. The van der Waals surface area contributed by atoms with E-state index in [9.17, 15) is 0 Å². The van der Waals surface area contributed by atoms with Gasteiger partial charge in [-0.2, -0.15) is 0 Å². The summed E-state index contributed by atoms with van der Waals surface area (Å²) in [6, 6.07) is 23.0. The molecule has 3 aromatic rings. The van der Waals surface area contributed by atoms with Gasteiger partial charge >= 0.3 is 0 Å². The molecule has 0 aliphatic heterocycles. The summed E-state index contributed by atoms with van der Waals surface area (Å²) in [6.07, 6.45) is 0.531. The van der Waals surface area contributed by atoms with Gasteiger partial charge in [-0.15, -0.1) is 17.0 Å². The first-order valence-corrected chi connectivity index (χ1v) is 7.56. The normalized spacial score (nSPS) is 10.1. The molecule has 0 aromatic heterocycles. The number of nitrogens with one attached hydrogen (secondary N) is 1. The van der Waals surface area contributed by atoms with E-state index < -0.39 is 0 Å². The van der Waals surface area contributed by atoms with Gasteiger partial charge in [-0.3, -0.25) is 5.41 Å². The highest BCUT2D eigenvalue weighted by molar-refractivity contribution is 8.93. The summed E-state index contributed by atoms with van der Waals surface area (Å²) in [7, 11) is 0. The van der Waals surface area contributed by atoms with Gasteiger partial charge in [0.1, 0.15) is 0 Å². The molecule has 1 N–H and O–H groups in total. The minimum atomic E-state index is 0. The summed E-state index contributed by atoms with van der Waals surface area (Å²) in [5.74, 6) is 0.320. The highest BCUT2D eigenvalue weighted by atomic mass is 79.9. The average molecular weight is 370 g/mol. The van der Waals surface area contributed by atoms with Gasteiger partial charge in [-0.1, -0.05) is 66.7 Å². The maximum atomic E-state index is 7.90. The third kappa shape index (κ3) is 3.80. The van der Waals surface area contributed by atoms with Crippen molar-refractivity contribution in [2.75, 3.05) is 6.61 Å². The zero-order chi connectivity index (χ0) is 15.4. The minimum absolute atomic E-state index is 0. The molecule has 3 heteroatoms. The Hall–Kier alpha value is -2.13. The van der Waals surface area contributed by atoms with Gasteiger partial charge in [0.25, 0.3) is 0 Å². The Morgan fingerprint density at radius 3 is 2.22 bits per heavy atom. The number of hydrogen-bond acceptors (Lipinski definition) is 2. The van der Waals surface area contributed by atoms with Crippen LogP contribution in [0.4, 0.5) is 0 Å². The Balaban J connectivity index is 0.00000192. The van der Waals surface area contributed by atoms with Crippen LogP contribution in [0, 0.1) is 5.41 Å². The largest absolute Gasteiger partial charge is 0.481 e. The lowest BCUT2D eigenvalue weighted by Gasteiger charge is -2.12. The number of halogens is 1. The number of fused-ring (bicyclic) bond motifs is 1. The molecule has 0 radical (unpaired) electrons. The van der Waals surface area contributed by atoms with Crippen molar-refractivity contribution in [3.63, 3.8) is 0 Å². The Morgan fingerprint density at radius 1 is 0.870 bits per heavy atom. The topological polar surface area (TPSA) is 33.1 Å². The van der Waals surface area contributed by atoms with Gasteiger partial charge in [0.2, 0.25) is 0 Å². The smallest absolute Gasteiger partial charge is 0.184 e. The first-order valence-electron chi connectivity index (χ1n) is 7.56. The number of rotatable bonds is 4. The second-order valence-electron chi connectivity index (χ2n) is 5.22. The van der Waals surface area contributed by atoms with Gasteiger partial charge in [0, 0.05) is 6.42 Å². The van der Waals surface area contributed by atoms with E-state index in [2.05, 4.69) is 54.6 Å². The first kappa shape index (κ1) is 17.2. The SMILES string of the molecule is Br.CCOC(=N)Cc1ccc(-c2ccccc2)c2ccccc12. The van der Waals surface area contributed by atoms with Crippen LogP contribution in [-0.2, 0) is 11.2 Å². The molecule has 0 atom stereocenters. The predicted octanol–water partition coefficient (Wildman–Crippen LogP) is 5.64. The second-order valence-corrected chi connectivity index (χ2v) is 5.22. The molecule has 0 aliphatic rings. The number of benzene rings is 3. The average Bonchev–Trinajstić information content (AvgIpc) is 2.56. The monoisotopic (exact) mass is 369 g/mol. The van der Waals surface area contributed by atoms with Gasteiger partial charge in [0.05, 0.1) is 6.61 Å². The van der Waals surface area contributed by atoms with Crippen LogP contribution in [0.5, 0.6) is 0 Å². The fourth-order valence-corrected chi connectivity index (χ4v) is 2.78. The molecule has 23 heavy (non-hydrogen) atoms. The molecule has 0 saturated heterocycles.